The predicted molar refractivity (Wildman–Crippen MR) is 58.3 cm³/mol. The van der Waals surface area contributed by atoms with E-state index in [9.17, 15) is 8.42 Å². The number of hydrogen-bond donors (Lipinski definition) is 2. The number of sulfonamides is 1. The average molecular weight is 230 g/mol. The Morgan fingerprint density at radius 3 is 2.27 bits per heavy atom. The van der Waals surface area contributed by atoms with Crippen molar-refractivity contribution in [1.82, 2.24) is 0 Å². The number of methoxy groups -OCH3 is 1. The summed E-state index contributed by atoms with van der Waals surface area (Å²) >= 11 is 0. The molecule has 0 aliphatic heterocycles. The second kappa shape index (κ2) is 3.71. The van der Waals surface area contributed by atoms with E-state index in [2.05, 4.69) is 0 Å². The van der Waals surface area contributed by atoms with Crippen LogP contribution < -0.4 is 15.6 Å². The van der Waals surface area contributed by atoms with E-state index < -0.39 is 10.0 Å². The molecule has 0 saturated carbocycles. The van der Waals surface area contributed by atoms with Crippen LogP contribution in [0.1, 0.15) is 11.1 Å². The van der Waals surface area contributed by atoms with Crippen LogP contribution >= 0.6 is 0 Å². The molecule has 0 bridgehead atoms. The van der Waals surface area contributed by atoms with E-state index in [4.69, 9.17) is 15.6 Å². The molecular weight excluding hydrogens is 216 g/mol. The van der Waals surface area contributed by atoms with Gasteiger partial charge >= 0.3 is 0 Å². The minimum Gasteiger partial charge on any atom is -0.495 e. The first-order valence-electron chi connectivity index (χ1n) is 4.25. The van der Waals surface area contributed by atoms with Crippen molar-refractivity contribution in [2.24, 2.45) is 5.14 Å². The first kappa shape index (κ1) is 11.8. The highest BCUT2D eigenvalue weighted by Gasteiger charge is 2.19. The first-order valence-corrected chi connectivity index (χ1v) is 5.80. The van der Waals surface area contributed by atoms with Gasteiger partial charge in [-0.15, -0.1) is 0 Å². The molecule has 0 radical (unpaired) electrons. The first-order chi connectivity index (χ1) is 6.79. The van der Waals surface area contributed by atoms with Crippen LogP contribution in [0.15, 0.2) is 11.0 Å². The number of nitrogen functional groups attached to an aromatic ring is 1. The third kappa shape index (κ3) is 2.05. The maximum absolute atomic E-state index is 11.3. The highest BCUT2D eigenvalue weighted by Crippen LogP contribution is 2.32. The average Bonchev–Trinajstić information content (AvgIpc) is 2.09. The van der Waals surface area contributed by atoms with Gasteiger partial charge in [-0.3, -0.25) is 0 Å². The summed E-state index contributed by atoms with van der Waals surface area (Å²) in [5, 5.41) is 5.09. The third-order valence-corrected chi connectivity index (χ3v) is 3.42. The summed E-state index contributed by atoms with van der Waals surface area (Å²) < 4.78 is 27.6. The quantitative estimate of drug-likeness (QED) is 0.725. The van der Waals surface area contributed by atoms with Crippen LogP contribution in [0.4, 0.5) is 5.69 Å². The van der Waals surface area contributed by atoms with E-state index in [0.29, 0.717) is 22.6 Å². The molecule has 4 N–H and O–H groups in total. The van der Waals surface area contributed by atoms with Gasteiger partial charge in [0.2, 0.25) is 10.0 Å². The molecule has 0 aliphatic rings. The second-order valence-corrected chi connectivity index (χ2v) is 4.81. The molecule has 1 rings (SSSR count). The van der Waals surface area contributed by atoms with Gasteiger partial charge in [0.25, 0.3) is 0 Å². The summed E-state index contributed by atoms with van der Waals surface area (Å²) in [5.41, 5.74) is 6.97. The number of aryl methyl sites for hydroxylation is 1. The maximum Gasteiger partial charge on any atom is 0.238 e. The fourth-order valence-electron chi connectivity index (χ4n) is 1.55. The normalized spacial score (nSPS) is 11.5. The highest BCUT2D eigenvalue weighted by atomic mass is 32.2. The zero-order valence-corrected chi connectivity index (χ0v) is 9.68. The molecule has 0 fully saturated rings. The summed E-state index contributed by atoms with van der Waals surface area (Å²) in [6, 6.07) is 1.56. The lowest BCUT2D eigenvalue weighted by atomic mass is 10.1. The van der Waals surface area contributed by atoms with Gasteiger partial charge in [-0.05, 0) is 31.0 Å². The summed E-state index contributed by atoms with van der Waals surface area (Å²) in [7, 11) is -2.27. The van der Waals surface area contributed by atoms with Crippen LogP contribution in [-0.4, -0.2) is 15.5 Å². The standard InChI is InChI=1S/C9H14N2O3S/c1-5-4-7(14-3)8(10)6(2)9(5)15(11,12)13/h4H,10H2,1-3H3,(H2,11,12,13). The van der Waals surface area contributed by atoms with Crippen molar-refractivity contribution in [2.75, 3.05) is 12.8 Å². The molecule has 0 amide bonds. The Morgan fingerprint density at radius 2 is 1.87 bits per heavy atom. The van der Waals surface area contributed by atoms with Gasteiger partial charge in [0.1, 0.15) is 5.75 Å². The van der Waals surface area contributed by atoms with Crippen LogP contribution in [0, 0.1) is 13.8 Å². The SMILES string of the molecule is COc1cc(C)c(S(N)(=O)=O)c(C)c1N. The lowest BCUT2D eigenvalue weighted by Gasteiger charge is -2.13. The number of ether oxygens (including phenoxy) is 1. The summed E-state index contributed by atoms with van der Waals surface area (Å²) in [5.74, 6) is 0.456. The topological polar surface area (TPSA) is 95.4 Å². The number of hydrogen-bond acceptors (Lipinski definition) is 4. The van der Waals surface area contributed by atoms with Gasteiger partial charge in [-0.25, -0.2) is 13.6 Å². The van der Waals surface area contributed by atoms with Crippen LogP contribution in [0.3, 0.4) is 0 Å². The number of primary sulfonamides is 1. The highest BCUT2D eigenvalue weighted by molar-refractivity contribution is 7.89. The zero-order valence-electron chi connectivity index (χ0n) is 8.87. The molecule has 0 atom stereocenters. The Balaban J connectivity index is 3.65. The van der Waals surface area contributed by atoms with Crippen LogP contribution in [0.5, 0.6) is 5.75 Å². The molecule has 5 nitrogen and oxygen atoms in total. The van der Waals surface area contributed by atoms with Gasteiger partial charge in [-0.1, -0.05) is 0 Å². The molecule has 0 saturated heterocycles. The lowest BCUT2D eigenvalue weighted by Crippen LogP contribution is -2.16. The van der Waals surface area contributed by atoms with E-state index in [0.717, 1.165) is 0 Å². The van der Waals surface area contributed by atoms with E-state index in [1.165, 1.54) is 7.11 Å². The van der Waals surface area contributed by atoms with Crippen molar-refractivity contribution in [3.05, 3.63) is 17.2 Å². The Morgan fingerprint density at radius 1 is 1.33 bits per heavy atom. The van der Waals surface area contributed by atoms with Gasteiger partial charge < -0.3 is 10.5 Å². The number of nitrogens with two attached hydrogens (primary N) is 2. The molecule has 6 heteroatoms. The molecule has 1 aromatic carbocycles. The van der Waals surface area contributed by atoms with Crippen molar-refractivity contribution < 1.29 is 13.2 Å². The summed E-state index contributed by atoms with van der Waals surface area (Å²) in [6.07, 6.45) is 0. The van der Waals surface area contributed by atoms with Crippen LogP contribution in [-0.2, 0) is 10.0 Å². The van der Waals surface area contributed by atoms with Gasteiger partial charge in [0.05, 0.1) is 17.7 Å². The van der Waals surface area contributed by atoms with Gasteiger partial charge in [0.15, 0.2) is 0 Å². The third-order valence-electron chi connectivity index (χ3n) is 2.22. The Labute approximate surface area is 89.1 Å². The molecule has 15 heavy (non-hydrogen) atoms. The molecule has 0 aromatic heterocycles. The molecule has 0 spiro atoms. The van der Waals surface area contributed by atoms with Crippen LogP contribution in [0.2, 0.25) is 0 Å². The van der Waals surface area contributed by atoms with E-state index in [-0.39, 0.29) is 4.90 Å². The molecule has 84 valence electrons. The summed E-state index contributed by atoms with van der Waals surface area (Å²) in [4.78, 5) is 0.0702. The largest absolute Gasteiger partial charge is 0.495 e. The van der Waals surface area contributed by atoms with Crippen molar-refractivity contribution in [1.29, 1.82) is 0 Å². The summed E-state index contributed by atoms with van der Waals surface area (Å²) in [6.45, 7) is 3.25. The van der Waals surface area contributed by atoms with Crippen molar-refractivity contribution in [3.63, 3.8) is 0 Å². The minimum atomic E-state index is -3.75. The molecule has 0 aliphatic carbocycles. The lowest BCUT2D eigenvalue weighted by molar-refractivity contribution is 0.416. The minimum absolute atomic E-state index is 0.0702. The number of benzene rings is 1. The zero-order chi connectivity index (χ0) is 11.8. The molecule has 1 aromatic rings. The fraction of sp³-hybridized carbons (Fsp3) is 0.333. The Kier molecular flexibility index (Phi) is 2.92. The second-order valence-electron chi connectivity index (χ2n) is 3.31. The van der Waals surface area contributed by atoms with E-state index >= 15 is 0 Å². The number of anilines is 1. The van der Waals surface area contributed by atoms with E-state index in [1.807, 2.05) is 0 Å². The van der Waals surface area contributed by atoms with Gasteiger partial charge in [0, 0.05) is 0 Å². The van der Waals surface area contributed by atoms with Crippen molar-refractivity contribution >= 4 is 15.7 Å². The molecule has 0 heterocycles. The fourth-order valence-corrected chi connectivity index (χ4v) is 2.59. The van der Waals surface area contributed by atoms with Gasteiger partial charge in [-0.2, -0.15) is 0 Å². The number of rotatable bonds is 2. The van der Waals surface area contributed by atoms with Crippen LogP contribution in [0.25, 0.3) is 0 Å². The smallest absolute Gasteiger partial charge is 0.238 e. The Bertz CT molecular complexity index is 495. The van der Waals surface area contributed by atoms with Crippen molar-refractivity contribution in [3.8, 4) is 5.75 Å². The Hall–Kier alpha value is -1.27. The van der Waals surface area contributed by atoms with Crippen molar-refractivity contribution in [2.45, 2.75) is 18.7 Å². The predicted octanol–water partition coefficient (Wildman–Crippen LogP) is 0.542. The molecule has 0 unspecified atom stereocenters. The maximum atomic E-state index is 11.3. The molecular formula is C9H14N2O3S. The van der Waals surface area contributed by atoms with E-state index in [1.54, 1.807) is 19.9 Å². The monoisotopic (exact) mass is 230 g/mol.